The molecule has 1 aliphatic heterocycles. The zero-order chi connectivity index (χ0) is 17.9. The number of ether oxygens (including phenoxy) is 1. The van der Waals surface area contributed by atoms with Gasteiger partial charge in [-0.1, -0.05) is 12.1 Å². The van der Waals surface area contributed by atoms with Gasteiger partial charge in [-0.2, -0.15) is 0 Å². The van der Waals surface area contributed by atoms with Gasteiger partial charge >= 0.3 is 6.36 Å². The van der Waals surface area contributed by atoms with Crippen molar-refractivity contribution in [2.75, 3.05) is 23.3 Å². The van der Waals surface area contributed by atoms with Crippen molar-refractivity contribution in [1.29, 1.82) is 0 Å². The Morgan fingerprint density at radius 1 is 1.00 bits per heavy atom. The molecule has 0 amide bonds. The number of halogens is 3. The summed E-state index contributed by atoms with van der Waals surface area (Å²) >= 11 is 0. The molecule has 133 valence electrons. The topological polar surface area (TPSA) is 44.4 Å². The third-order valence-corrected chi connectivity index (χ3v) is 4.17. The molecule has 0 unspecified atom stereocenters. The Balaban J connectivity index is 1.60. The molecule has 1 fully saturated rings. The van der Waals surface area contributed by atoms with Crippen LogP contribution in [0.1, 0.15) is 12.8 Å². The van der Waals surface area contributed by atoms with Crippen molar-refractivity contribution in [2.24, 2.45) is 0 Å². The number of hydrogen-bond donors (Lipinski definition) is 1. The molecule has 1 saturated heterocycles. The fourth-order valence-corrected chi connectivity index (χ4v) is 2.96. The van der Waals surface area contributed by atoms with Gasteiger partial charge in [-0.15, -0.1) is 13.2 Å². The number of alkyl halides is 3. The first kappa shape index (κ1) is 17.3. The quantitative estimate of drug-likeness (QED) is 0.860. The normalized spacial score (nSPS) is 15.9. The van der Waals surface area contributed by atoms with Gasteiger partial charge in [0.25, 0.3) is 0 Å². The molecular formula is C18H18F3N2O2. The largest absolute Gasteiger partial charge is 0.573 e. The SMILES string of the molecule is [O]c1ccc(N2CCC(Nc3ccccc3OC(F)(F)F)CC2)cc1. The van der Waals surface area contributed by atoms with Crippen molar-refractivity contribution in [3.05, 3.63) is 48.5 Å². The van der Waals surface area contributed by atoms with Gasteiger partial charge in [-0.3, -0.25) is 5.11 Å². The molecule has 0 aliphatic carbocycles. The van der Waals surface area contributed by atoms with E-state index in [0.29, 0.717) is 5.69 Å². The first-order chi connectivity index (χ1) is 11.9. The second kappa shape index (κ2) is 7.13. The van der Waals surface area contributed by atoms with Crippen LogP contribution in [0.3, 0.4) is 0 Å². The maximum atomic E-state index is 12.5. The highest BCUT2D eigenvalue weighted by Gasteiger charge is 2.32. The highest BCUT2D eigenvalue weighted by molar-refractivity contribution is 5.57. The Morgan fingerprint density at radius 2 is 1.64 bits per heavy atom. The molecule has 7 heteroatoms. The highest BCUT2D eigenvalue weighted by Crippen LogP contribution is 2.32. The van der Waals surface area contributed by atoms with Crippen LogP contribution in [-0.4, -0.2) is 25.5 Å². The summed E-state index contributed by atoms with van der Waals surface area (Å²) in [6.07, 6.45) is -3.16. The van der Waals surface area contributed by atoms with Gasteiger partial charge in [0.15, 0.2) is 11.5 Å². The maximum Gasteiger partial charge on any atom is 0.573 e. The number of para-hydroxylation sites is 2. The molecule has 0 bridgehead atoms. The van der Waals surface area contributed by atoms with Crippen LogP contribution in [0.15, 0.2) is 48.5 Å². The molecule has 25 heavy (non-hydrogen) atoms. The number of hydrogen-bond acceptors (Lipinski definition) is 3. The van der Waals surface area contributed by atoms with Gasteiger partial charge in [0.2, 0.25) is 0 Å². The van der Waals surface area contributed by atoms with E-state index in [2.05, 4.69) is 15.0 Å². The lowest BCUT2D eigenvalue weighted by Crippen LogP contribution is -2.39. The van der Waals surface area contributed by atoms with Gasteiger partial charge in [-0.25, -0.2) is 0 Å². The summed E-state index contributed by atoms with van der Waals surface area (Å²) in [4.78, 5) is 2.16. The second-order valence-electron chi connectivity index (χ2n) is 5.94. The summed E-state index contributed by atoms with van der Waals surface area (Å²) in [7, 11) is 0. The summed E-state index contributed by atoms with van der Waals surface area (Å²) in [5.41, 5.74) is 1.33. The number of piperidine rings is 1. The number of nitrogens with zero attached hydrogens (tertiary/aromatic N) is 1. The zero-order valence-corrected chi connectivity index (χ0v) is 13.4. The molecule has 2 aromatic carbocycles. The third-order valence-electron chi connectivity index (χ3n) is 4.17. The lowest BCUT2D eigenvalue weighted by Gasteiger charge is -2.34. The Morgan fingerprint density at radius 3 is 2.28 bits per heavy atom. The van der Waals surface area contributed by atoms with Gasteiger partial charge in [0.1, 0.15) is 0 Å². The standard InChI is InChI=1S/C18H18F3N2O2/c19-18(20,21)25-17-4-2-1-3-16(17)22-13-9-11-23(12-10-13)14-5-7-15(24)8-6-14/h1-8,13,22H,9-12H2. The number of benzene rings is 2. The molecule has 4 nitrogen and oxygen atoms in total. The minimum absolute atomic E-state index is 0.0263. The van der Waals surface area contributed by atoms with Crippen molar-refractivity contribution < 1.29 is 23.0 Å². The average molecular weight is 351 g/mol. The molecule has 1 heterocycles. The van der Waals surface area contributed by atoms with Crippen LogP contribution in [0.25, 0.3) is 0 Å². The molecule has 1 radical (unpaired) electrons. The highest BCUT2D eigenvalue weighted by atomic mass is 19.4. The van der Waals surface area contributed by atoms with Crippen LogP contribution < -0.4 is 15.0 Å². The Kier molecular flexibility index (Phi) is 4.92. The number of rotatable bonds is 4. The van der Waals surface area contributed by atoms with Crippen LogP contribution in [-0.2, 0) is 5.11 Å². The van der Waals surface area contributed by atoms with E-state index in [9.17, 15) is 18.3 Å². The molecule has 1 N–H and O–H groups in total. The minimum atomic E-state index is -4.71. The fraction of sp³-hybridized carbons (Fsp3) is 0.333. The van der Waals surface area contributed by atoms with Crippen molar-refractivity contribution in [2.45, 2.75) is 25.2 Å². The monoisotopic (exact) mass is 351 g/mol. The molecule has 2 aromatic rings. The summed E-state index contributed by atoms with van der Waals surface area (Å²) in [5, 5.41) is 14.3. The van der Waals surface area contributed by atoms with Crippen molar-refractivity contribution in [3.63, 3.8) is 0 Å². The minimum Gasteiger partial charge on any atom is -0.404 e. The van der Waals surface area contributed by atoms with Crippen molar-refractivity contribution >= 4 is 11.4 Å². The van der Waals surface area contributed by atoms with Crippen molar-refractivity contribution in [1.82, 2.24) is 0 Å². The van der Waals surface area contributed by atoms with E-state index in [1.54, 1.807) is 24.3 Å². The lowest BCUT2D eigenvalue weighted by molar-refractivity contribution is -0.274. The summed E-state index contributed by atoms with van der Waals surface area (Å²) in [6, 6.07) is 12.8. The smallest absolute Gasteiger partial charge is 0.404 e. The van der Waals surface area contributed by atoms with Gasteiger partial charge in [-0.05, 0) is 49.2 Å². The molecule has 1 aliphatic rings. The fourth-order valence-electron chi connectivity index (χ4n) is 2.96. The van der Waals surface area contributed by atoms with E-state index in [4.69, 9.17) is 0 Å². The number of anilines is 2. The Bertz CT molecular complexity index is 696. The molecule has 0 atom stereocenters. The van der Waals surface area contributed by atoms with E-state index in [-0.39, 0.29) is 17.5 Å². The van der Waals surface area contributed by atoms with Crippen LogP contribution in [0.2, 0.25) is 0 Å². The lowest BCUT2D eigenvalue weighted by atomic mass is 10.0. The third kappa shape index (κ3) is 4.71. The van der Waals surface area contributed by atoms with E-state index in [1.165, 1.54) is 24.3 Å². The maximum absolute atomic E-state index is 12.5. The van der Waals surface area contributed by atoms with E-state index in [0.717, 1.165) is 31.6 Å². The molecule has 3 rings (SSSR count). The van der Waals surface area contributed by atoms with Gasteiger partial charge < -0.3 is 15.0 Å². The summed E-state index contributed by atoms with van der Waals surface area (Å²) in [5.74, 6) is -0.245. The van der Waals surface area contributed by atoms with Gasteiger partial charge in [0, 0.05) is 24.8 Å². The molecule has 0 saturated carbocycles. The Hall–Kier alpha value is -2.57. The second-order valence-corrected chi connectivity index (χ2v) is 5.94. The van der Waals surface area contributed by atoms with Crippen LogP contribution in [0, 0.1) is 0 Å². The van der Waals surface area contributed by atoms with Crippen LogP contribution in [0.5, 0.6) is 11.5 Å². The predicted molar refractivity (Wildman–Crippen MR) is 88.6 cm³/mol. The summed E-state index contributed by atoms with van der Waals surface area (Å²) < 4.78 is 41.5. The van der Waals surface area contributed by atoms with E-state index < -0.39 is 6.36 Å². The molecule has 0 aromatic heterocycles. The van der Waals surface area contributed by atoms with Gasteiger partial charge in [0.05, 0.1) is 5.69 Å². The number of nitrogens with one attached hydrogen (secondary N) is 1. The van der Waals surface area contributed by atoms with Crippen molar-refractivity contribution in [3.8, 4) is 11.5 Å². The van der Waals surface area contributed by atoms with E-state index >= 15 is 0 Å². The molecular weight excluding hydrogens is 333 g/mol. The van der Waals surface area contributed by atoms with Crippen LogP contribution >= 0.6 is 0 Å². The molecule has 0 spiro atoms. The summed E-state index contributed by atoms with van der Waals surface area (Å²) in [6.45, 7) is 1.52. The average Bonchev–Trinajstić information content (AvgIpc) is 2.57. The first-order valence-electron chi connectivity index (χ1n) is 8.04. The van der Waals surface area contributed by atoms with Crippen LogP contribution in [0.4, 0.5) is 24.5 Å². The Labute approximate surface area is 143 Å². The first-order valence-corrected chi connectivity index (χ1v) is 8.04. The van der Waals surface area contributed by atoms with E-state index in [1.807, 2.05) is 0 Å². The zero-order valence-electron chi connectivity index (χ0n) is 13.4. The predicted octanol–water partition coefficient (Wildman–Crippen LogP) is 4.81.